The maximum Gasteiger partial charge on any atom is 0.251 e. The number of rotatable bonds is 7. The maximum atomic E-state index is 11.8. The molecule has 0 bridgehead atoms. The first-order valence-electron chi connectivity index (χ1n) is 6.95. The van der Waals surface area contributed by atoms with Gasteiger partial charge in [0.05, 0.1) is 6.61 Å². The molecule has 0 heterocycles. The van der Waals surface area contributed by atoms with E-state index >= 15 is 0 Å². The van der Waals surface area contributed by atoms with Gasteiger partial charge in [-0.1, -0.05) is 42.5 Å². The van der Waals surface area contributed by atoms with E-state index in [1.807, 2.05) is 30.3 Å². The van der Waals surface area contributed by atoms with Crippen molar-refractivity contribution in [2.45, 2.75) is 6.42 Å². The van der Waals surface area contributed by atoms with E-state index in [0.717, 1.165) is 6.42 Å². The first-order valence-corrected chi connectivity index (χ1v) is 6.95. The molecule has 0 unspecified atom stereocenters. The predicted octanol–water partition coefficient (Wildman–Crippen LogP) is 3.22. The summed E-state index contributed by atoms with van der Waals surface area (Å²) in [5.74, 6) is 0.584. The number of hydrogen-bond donors (Lipinski definition) is 1. The fraction of sp³-hybridized carbons (Fsp3) is 0.167. The maximum absolute atomic E-state index is 11.8. The van der Waals surface area contributed by atoms with E-state index < -0.39 is 0 Å². The zero-order valence-electron chi connectivity index (χ0n) is 11.9. The number of carbonyl (C=O) groups is 1. The van der Waals surface area contributed by atoms with Crippen LogP contribution in [0.3, 0.4) is 0 Å². The quantitative estimate of drug-likeness (QED) is 0.791. The fourth-order valence-corrected chi connectivity index (χ4v) is 1.93. The minimum atomic E-state index is -0.122. The third kappa shape index (κ3) is 4.80. The summed E-state index contributed by atoms with van der Waals surface area (Å²) in [5.41, 5.74) is 1.83. The number of amides is 1. The molecular formula is C18H19NO2. The predicted molar refractivity (Wildman–Crippen MR) is 84.6 cm³/mol. The zero-order chi connectivity index (χ0) is 14.9. The number of ether oxygens (including phenoxy) is 1. The lowest BCUT2D eigenvalue weighted by Crippen LogP contribution is -2.23. The summed E-state index contributed by atoms with van der Waals surface area (Å²) in [4.78, 5) is 11.8. The van der Waals surface area contributed by atoms with Gasteiger partial charge < -0.3 is 10.1 Å². The molecular weight excluding hydrogens is 262 g/mol. The normalized spacial score (nSPS) is 9.90. The highest BCUT2D eigenvalue weighted by molar-refractivity contribution is 5.94. The molecule has 0 aliphatic heterocycles. The van der Waals surface area contributed by atoms with Crippen molar-refractivity contribution < 1.29 is 9.53 Å². The Kier molecular flexibility index (Phi) is 5.59. The Morgan fingerprint density at radius 2 is 1.95 bits per heavy atom. The van der Waals surface area contributed by atoms with Crippen LogP contribution in [0, 0.1) is 0 Å². The molecule has 0 saturated heterocycles. The summed E-state index contributed by atoms with van der Waals surface area (Å²) in [6.45, 7) is 4.62. The summed E-state index contributed by atoms with van der Waals surface area (Å²) in [6.07, 6.45) is 2.49. The SMILES string of the molecule is C=CCNC(=O)c1cccc(OCCc2ccccc2)c1. The second-order valence-corrected chi connectivity index (χ2v) is 4.61. The topological polar surface area (TPSA) is 38.3 Å². The van der Waals surface area contributed by atoms with Crippen LogP contribution in [0.2, 0.25) is 0 Å². The van der Waals surface area contributed by atoms with Crippen molar-refractivity contribution in [1.29, 1.82) is 0 Å². The van der Waals surface area contributed by atoms with Gasteiger partial charge in [0.1, 0.15) is 5.75 Å². The van der Waals surface area contributed by atoms with Crippen molar-refractivity contribution in [3.05, 3.63) is 78.4 Å². The molecule has 108 valence electrons. The Bertz CT molecular complexity index is 593. The Morgan fingerprint density at radius 1 is 1.14 bits per heavy atom. The smallest absolute Gasteiger partial charge is 0.251 e. The highest BCUT2D eigenvalue weighted by atomic mass is 16.5. The summed E-state index contributed by atoms with van der Waals surface area (Å²) in [7, 11) is 0. The van der Waals surface area contributed by atoms with Crippen LogP contribution in [0.15, 0.2) is 67.3 Å². The van der Waals surface area contributed by atoms with E-state index in [4.69, 9.17) is 4.74 Å². The van der Waals surface area contributed by atoms with Crippen LogP contribution in [0.25, 0.3) is 0 Å². The van der Waals surface area contributed by atoms with Gasteiger partial charge in [0.2, 0.25) is 0 Å². The van der Waals surface area contributed by atoms with E-state index in [1.165, 1.54) is 5.56 Å². The van der Waals surface area contributed by atoms with Gasteiger partial charge in [0.15, 0.2) is 0 Å². The molecule has 2 aromatic carbocycles. The lowest BCUT2D eigenvalue weighted by Gasteiger charge is -2.08. The third-order valence-electron chi connectivity index (χ3n) is 3.01. The van der Waals surface area contributed by atoms with E-state index in [2.05, 4.69) is 24.0 Å². The molecule has 21 heavy (non-hydrogen) atoms. The number of hydrogen-bond acceptors (Lipinski definition) is 2. The van der Waals surface area contributed by atoms with Crippen LogP contribution >= 0.6 is 0 Å². The van der Waals surface area contributed by atoms with Gasteiger partial charge in [-0.05, 0) is 23.8 Å². The molecule has 0 aromatic heterocycles. The first kappa shape index (κ1) is 14.9. The van der Waals surface area contributed by atoms with E-state index in [9.17, 15) is 4.79 Å². The lowest BCUT2D eigenvalue weighted by molar-refractivity contribution is 0.0957. The van der Waals surface area contributed by atoms with Gasteiger partial charge in [-0.3, -0.25) is 4.79 Å². The molecule has 0 spiro atoms. The van der Waals surface area contributed by atoms with Crippen LogP contribution in [0.5, 0.6) is 5.75 Å². The zero-order valence-corrected chi connectivity index (χ0v) is 11.9. The van der Waals surface area contributed by atoms with Gasteiger partial charge in [0.25, 0.3) is 5.91 Å². The molecule has 3 heteroatoms. The molecule has 0 aliphatic rings. The highest BCUT2D eigenvalue weighted by Gasteiger charge is 2.05. The molecule has 0 atom stereocenters. The van der Waals surface area contributed by atoms with E-state index in [1.54, 1.807) is 18.2 Å². The first-order chi connectivity index (χ1) is 10.3. The number of nitrogens with one attached hydrogen (secondary N) is 1. The molecule has 0 fully saturated rings. The lowest BCUT2D eigenvalue weighted by atomic mass is 10.2. The Labute approximate surface area is 125 Å². The summed E-state index contributed by atoms with van der Waals surface area (Å²) in [5, 5.41) is 2.75. The van der Waals surface area contributed by atoms with Crippen LogP contribution in [0.4, 0.5) is 0 Å². The Morgan fingerprint density at radius 3 is 2.71 bits per heavy atom. The van der Waals surface area contributed by atoms with Gasteiger partial charge >= 0.3 is 0 Å². The van der Waals surface area contributed by atoms with Crippen molar-refractivity contribution in [2.24, 2.45) is 0 Å². The van der Waals surface area contributed by atoms with Gasteiger partial charge in [-0.2, -0.15) is 0 Å². The fourth-order valence-electron chi connectivity index (χ4n) is 1.93. The molecule has 2 rings (SSSR count). The largest absolute Gasteiger partial charge is 0.493 e. The van der Waals surface area contributed by atoms with Crippen molar-refractivity contribution in [3.8, 4) is 5.75 Å². The van der Waals surface area contributed by atoms with E-state index in [0.29, 0.717) is 24.5 Å². The van der Waals surface area contributed by atoms with Crippen molar-refractivity contribution in [3.63, 3.8) is 0 Å². The summed E-state index contributed by atoms with van der Waals surface area (Å²) >= 11 is 0. The van der Waals surface area contributed by atoms with Gasteiger partial charge in [-0.25, -0.2) is 0 Å². The average molecular weight is 281 g/mol. The van der Waals surface area contributed by atoms with Gasteiger partial charge in [-0.15, -0.1) is 6.58 Å². The van der Waals surface area contributed by atoms with E-state index in [-0.39, 0.29) is 5.91 Å². The standard InChI is InChI=1S/C18H19NO2/c1-2-12-19-18(20)16-9-6-10-17(14-16)21-13-11-15-7-4-3-5-8-15/h2-10,14H,1,11-13H2,(H,19,20). The average Bonchev–Trinajstić information content (AvgIpc) is 2.54. The third-order valence-corrected chi connectivity index (χ3v) is 3.01. The molecule has 1 N–H and O–H groups in total. The Balaban J connectivity index is 1.89. The minimum Gasteiger partial charge on any atom is -0.493 e. The molecule has 3 nitrogen and oxygen atoms in total. The molecule has 2 aromatic rings. The molecule has 0 saturated carbocycles. The molecule has 0 radical (unpaired) electrons. The highest BCUT2D eigenvalue weighted by Crippen LogP contribution is 2.14. The van der Waals surface area contributed by atoms with Crippen LogP contribution in [0.1, 0.15) is 15.9 Å². The monoisotopic (exact) mass is 281 g/mol. The van der Waals surface area contributed by atoms with Crippen LogP contribution < -0.4 is 10.1 Å². The summed E-state index contributed by atoms with van der Waals surface area (Å²) < 4.78 is 5.71. The van der Waals surface area contributed by atoms with Crippen LogP contribution in [-0.2, 0) is 6.42 Å². The number of carbonyl (C=O) groups excluding carboxylic acids is 1. The second-order valence-electron chi connectivity index (χ2n) is 4.61. The number of benzene rings is 2. The second kappa shape index (κ2) is 7.90. The summed E-state index contributed by atoms with van der Waals surface area (Å²) in [6, 6.07) is 17.4. The minimum absolute atomic E-state index is 0.122. The van der Waals surface area contributed by atoms with Gasteiger partial charge in [0, 0.05) is 18.5 Å². The molecule has 0 aliphatic carbocycles. The Hall–Kier alpha value is -2.55. The van der Waals surface area contributed by atoms with Crippen molar-refractivity contribution in [1.82, 2.24) is 5.32 Å². The van der Waals surface area contributed by atoms with Crippen LogP contribution in [-0.4, -0.2) is 19.1 Å². The molecule has 1 amide bonds. The van der Waals surface area contributed by atoms with Crippen molar-refractivity contribution >= 4 is 5.91 Å². The van der Waals surface area contributed by atoms with Crippen molar-refractivity contribution in [2.75, 3.05) is 13.2 Å².